The molecule has 2 aromatic rings. The summed E-state index contributed by atoms with van der Waals surface area (Å²) in [6, 6.07) is 11.5. The SMILES string of the molecule is CCC(NC1CCCc2sc(I)cc21)c1ccc(Cl)cc1. The first-order valence-corrected chi connectivity index (χ1v) is 9.74. The number of halogens is 2. The van der Waals surface area contributed by atoms with Crippen LogP contribution in [0.25, 0.3) is 0 Å². The highest BCUT2D eigenvalue weighted by atomic mass is 127. The summed E-state index contributed by atoms with van der Waals surface area (Å²) in [6.45, 7) is 2.24. The van der Waals surface area contributed by atoms with E-state index in [0.29, 0.717) is 12.1 Å². The smallest absolute Gasteiger partial charge is 0.0659 e. The van der Waals surface area contributed by atoms with E-state index in [1.165, 1.54) is 33.3 Å². The molecule has 1 aliphatic rings. The van der Waals surface area contributed by atoms with Gasteiger partial charge in [-0.1, -0.05) is 30.7 Å². The number of fused-ring (bicyclic) bond motifs is 1. The maximum atomic E-state index is 6.00. The normalized spacial score (nSPS) is 19.3. The molecule has 2 atom stereocenters. The molecule has 21 heavy (non-hydrogen) atoms. The fraction of sp³-hybridized carbons (Fsp3) is 0.412. The summed E-state index contributed by atoms with van der Waals surface area (Å²) in [5.74, 6) is 0. The Morgan fingerprint density at radius 1 is 1.38 bits per heavy atom. The summed E-state index contributed by atoms with van der Waals surface area (Å²) < 4.78 is 1.41. The Bertz CT molecular complexity index is 608. The van der Waals surface area contributed by atoms with Crippen LogP contribution in [0.5, 0.6) is 0 Å². The minimum absolute atomic E-state index is 0.399. The van der Waals surface area contributed by atoms with E-state index in [9.17, 15) is 0 Å². The summed E-state index contributed by atoms with van der Waals surface area (Å²) in [5.41, 5.74) is 2.86. The molecule has 0 aliphatic heterocycles. The Morgan fingerprint density at radius 3 is 2.86 bits per heavy atom. The Morgan fingerprint density at radius 2 is 2.14 bits per heavy atom. The molecule has 1 aliphatic carbocycles. The molecule has 1 heterocycles. The van der Waals surface area contributed by atoms with Crippen LogP contribution in [0.3, 0.4) is 0 Å². The van der Waals surface area contributed by atoms with Crippen LogP contribution in [-0.2, 0) is 6.42 Å². The number of benzene rings is 1. The highest BCUT2D eigenvalue weighted by Crippen LogP contribution is 2.37. The van der Waals surface area contributed by atoms with Crippen LogP contribution in [0.4, 0.5) is 0 Å². The zero-order valence-corrected chi connectivity index (χ0v) is 15.8. The summed E-state index contributed by atoms with van der Waals surface area (Å²) in [5, 5.41) is 4.68. The average molecular weight is 432 g/mol. The van der Waals surface area contributed by atoms with Gasteiger partial charge in [-0.2, -0.15) is 0 Å². The monoisotopic (exact) mass is 431 g/mol. The van der Waals surface area contributed by atoms with Crippen molar-refractivity contribution in [2.75, 3.05) is 0 Å². The number of thiophene rings is 1. The Balaban J connectivity index is 1.80. The fourth-order valence-electron chi connectivity index (χ4n) is 3.08. The maximum Gasteiger partial charge on any atom is 0.0659 e. The van der Waals surface area contributed by atoms with E-state index in [2.05, 4.69) is 53.0 Å². The minimum atomic E-state index is 0.399. The lowest BCUT2D eigenvalue weighted by Gasteiger charge is -2.28. The highest BCUT2D eigenvalue weighted by Gasteiger charge is 2.24. The van der Waals surface area contributed by atoms with Gasteiger partial charge in [-0.05, 0) is 77.6 Å². The molecule has 0 saturated heterocycles. The third-order valence-corrected chi connectivity index (χ3v) is 6.39. The van der Waals surface area contributed by atoms with E-state index in [4.69, 9.17) is 11.6 Å². The van der Waals surface area contributed by atoms with Gasteiger partial charge in [0.05, 0.1) is 2.88 Å². The average Bonchev–Trinajstić information content (AvgIpc) is 2.87. The van der Waals surface area contributed by atoms with E-state index in [-0.39, 0.29) is 0 Å². The molecule has 4 heteroatoms. The number of rotatable bonds is 4. The summed E-state index contributed by atoms with van der Waals surface area (Å²) in [4.78, 5) is 1.58. The van der Waals surface area contributed by atoms with Crippen LogP contribution in [0.15, 0.2) is 30.3 Å². The minimum Gasteiger partial charge on any atom is -0.303 e. The number of nitrogens with one attached hydrogen (secondary N) is 1. The third kappa shape index (κ3) is 3.63. The molecule has 0 radical (unpaired) electrons. The van der Waals surface area contributed by atoms with Crippen LogP contribution in [0.2, 0.25) is 5.02 Å². The molecule has 2 unspecified atom stereocenters. The van der Waals surface area contributed by atoms with Gasteiger partial charge in [0.2, 0.25) is 0 Å². The molecule has 1 aromatic carbocycles. The van der Waals surface area contributed by atoms with Crippen molar-refractivity contribution in [3.8, 4) is 0 Å². The van der Waals surface area contributed by atoms with Gasteiger partial charge in [0, 0.05) is 22.0 Å². The van der Waals surface area contributed by atoms with Crippen molar-refractivity contribution in [3.05, 3.63) is 54.2 Å². The van der Waals surface area contributed by atoms with Gasteiger partial charge in [0.1, 0.15) is 0 Å². The second-order valence-electron chi connectivity index (χ2n) is 5.55. The Hall–Kier alpha value is -0.100. The lowest BCUT2D eigenvalue weighted by atomic mass is 9.92. The number of hydrogen-bond acceptors (Lipinski definition) is 2. The summed E-state index contributed by atoms with van der Waals surface area (Å²) >= 11 is 10.4. The van der Waals surface area contributed by atoms with E-state index in [1.807, 2.05) is 23.5 Å². The van der Waals surface area contributed by atoms with Crippen molar-refractivity contribution in [2.45, 2.75) is 44.7 Å². The number of aryl methyl sites for hydroxylation is 1. The van der Waals surface area contributed by atoms with E-state index in [1.54, 1.807) is 4.88 Å². The van der Waals surface area contributed by atoms with Gasteiger partial charge in [-0.3, -0.25) is 0 Å². The standard InChI is InChI=1S/C17H19ClINS/c1-2-14(11-6-8-12(18)9-7-11)20-15-4-3-5-16-13(15)10-17(19)21-16/h6-10,14-15,20H,2-5H2,1H3. The lowest BCUT2D eigenvalue weighted by Crippen LogP contribution is -2.28. The van der Waals surface area contributed by atoms with Crippen molar-refractivity contribution in [2.24, 2.45) is 0 Å². The molecule has 1 N–H and O–H groups in total. The second-order valence-corrected chi connectivity index (χ2v) is 9.02. The van der Waals surface area contributed by atoms with Crippen LogP contribution in [0, 0.1) is 2.88 Å². The zero-order valence-electron chi connectivity index (χ0n) is 12.0. The van der Waals surface area contributed by atoms with Crippen LogP contribution < -0.4 is 5.32 Å². The molecular weight excluding hydrogens is 413 g/mol. The van der Waals surface area contributed by atoms with Gasteiger partial charge in [0.15, 0.2) is 0 Å². The van der Waals surface area contributed by atoms with Crippen molar-refractivity contribution < 1.29 is 0 Å². The largest absolute Gasteiger partial charge is 0.303 e. The molecular formula is C17H19ClINS. The van der Waals surface area contributed by atoms with Crippen LogP contribution in [-0.4, -0.2) is 0 Å². The van der Waals surface area contributed by atoms with Gasteiger partial charge in [-0.15, -0.1) is 11.3 Å². The van der Waals surface area contributed by atoms with Crippen LogP contribution in [0.1, 0.15) is 54.3 Å². The molecule has 0 spiro atoms. The predicted octanol–water partition coefficient (Wildman–Crippen LogP) is 6.12. The summed E-state index contributed by atoms with van der Waals surface area (Å²) in [7, 11) is 0. The van der Waals surface area contributed by atoms with Crippen molar-refractivity contribution in [3.63, 3.8) is 0 Å². The number of hydrogen-bond donors (Lipinski definition) is 1. The molecule has 1 nitrogen and oxygen atoms in total. The molecule has 0 fully saturated rings. The lowest BCUT2D eigenvalue weighted by molar-refractivity contribution is 0.395. The summed E-state index contributed by atoms with van der Waals surface area (Å²) in [6.07, 6.45) is 4.87. The molecule has 0 saturated carbocycles. The molecule has 112 valence electrons. The maximum absolute atomic E-state index is 6.00. The Kier molecular flexibility index (Phi) is 5.25. The van der Waals surface area contributed by atoms with Gasteiger partial charge in [0.25, 0.3) is 0 Å². The van der Waals surface area contributed by atoms with Gasteiger partial charge < -0.3 is 5.32 Å². The van der Waals surface area contributed by atoms with Crippen molar-refractivity contribution >= 4 is 45.5 Å². The first-order chi connectivity index (χ1) is 10.2. The quantitative estimate of drug-likeness (QED) is 0.575. The van der Waals surface area contributed by atoms with Gasteiger partial charge in [-0.25, -0.2) is 0 Å². The topological polar surface area (TPSA) is 12.0 Å². The Labute approximate surface area is 149 Å². The van der Waals surface area contributed by atoms with E-state index in [0.717, 1.165) is 11.4 Å². The van der Waals surface area contributed by atoms with E-state index >= 15 is 0 Å². The molecule has 0 amide bonds. The molecule has 3 rings (SSSR count). The van der Waals surface area contributed by atoms with Crippen LogP contribution >= 0.6 is 45.5 Å². The van der Waals surface area contributed by atoms with E-state index < -0.39 is 0 Å². The first kappa shape index (κ1) is 15.8. The fourth-order valence-corrected chi connectivity index (χ4v) is 5.33. The third-order valence-electron chi connectivity index (χ3n) is 4.17. The molecule has 0 bridgehead atoms. The first-order valence-electron chi connectivity index (χ1n) is 7.47. The van der Waals surface area contributed by atoms with Crippen molar-refractivity contribution in [1.29, 1.82) is 0 Å². The van der Waals surface area contributed by atoms with Gasteiger partial charge >= 0.3 is 0 Å². The molecule has 1 aromatic heterocycles. The second kappa shape index (κ2) is 6.99. The predicted molar refractivity (Wildman–Crippen MR) is 100 cm³/mol. The van der Waals surface area contributed by atoms with Crippen molar-refractivity contribution in [1.82, 2.24) is 5.32 Å². The highest BCUT2D eigenvalue weighted by molar-refractivity contribution is 14.1. The zero-order chi connectivity index (χ0) is 14.8.